The fraction of sp³-hybridized carbons (Fsp3) is 0.429. The predicted octanol–water partition coefficient (Wildman–Crippen LogP) is 4.19. The Balaban J connectivity index is 0.997. The van der Waals surface area contributed by atoms with Crippen LogP contribution in [0.4, 0.5) is 10.8 Å². The Kier molecular flexibility index (Phi) is 7.18. The van der Waals surface area contributed by atoms with Crippen molar-refractivity contribution in [3.8, 4) is 0 Å². The van der Waals surface area contributed by atoms with Crippen molar-refractivity contribution >= 4 is 45.6 Å². The minimum absolute atomic E-state index is 0.0368. The number of hydrogen-bond acceptors (Lipinski definition) is 7. The highest BCUT2D eigenvalue weighted by Crippen LogP contribution is 2.38. The number of halogens is 1. The lowest BCUT2D eigenvalue weighted by atomic mass is 9.85. The average Bonchev–Trinajstić information content (AvgIpc) is 3.63. The number of likely N-dealkylation sites (tertiary alicyclic amines) is 1. The maximum Gasteiger partial charge on any atom is 0.231 e. The first kappa shape index (κ1) is 25.4. The highest BCUT2D eigenvalue weighted by Gasteiger charge is 2.44. The molecule has 3 fully saturated rings. The monoisotopic (exact) mass is 551 g/mol. The van der Waals surface area contributed by atoms with Crippen LogP contribution in [0.3, 0.4) is 0 Å². The van der Waals surface area contributed by atoms with Crippen molar-refractivity contribution in [2.75, 3.05) is 43.1 Å². The van der Waals surface area contributed by atoms with E-state index >= 15 is 0 Å². The lowest BCUT2D eigenvalue weighted by molar-refractivity contribution is -0.122. The fourth-order valence-electron chi connectivity index (χ4n) is 5.48. The Labute approximate surface area is 230 Å². The second kappa shape index (κ2) is 10.7. The van der Waals surface area contributed by atoms with Crippen molar-refractivity contribution in [2.45, 2.75) is 32.2 Å². The molecule has 4 heterocycles. The number of nitrogens with zero attached hydrogens (tertiary/aromatic N) is 4. The average molecular weight is 552 g/mol. The Bertz CT molecular complexity index is 1310. The van der Waals surface area contributed by atoms with Gasteiger partial charge in [-0.2, -0.15) is 0 Å². The molecule has 3 aliphatic rings. The van der Waals surface area contributed by atoms with Gasteiger partial charge in [0.2, 0.25) is 16.9 Å². The third-order valence-corrected chi connectivity index (χ3v) is 8.87. The standard InChI is InChI=1S/C28H30ClN5O3S/c29-22-6-1-19(2-7-22)5-10-24-31-32-27(38-24)30-26(36)21-13-25(35)34(15-21)23-8-3-20(4-9-23)14-33-12-11-28(16-33)17-37-18-28/h1-4,6-9,21H,5,10-18H2,(H,30,32,36)/t21-/m0/s1. The van der Waals surface area contributed by atoms with E-state index in [4.69, 9.17) is 16.3 Å². The molecule has 1 N–H and O–H groups in total. The molecule has 10 heteroatoms. The maximum absolute atomic E-state index is 12.9. The van der Waals surface area contributed by atoms with Gasteiger partial charge >= 0.3 is 0 Å². The van der Waals surface area contributed by atoms with Crippen LogP contribution in [0.25, 0.3) is 0 Å². The van der Waals surface area contributed by atoms with E-state index in [2.05, 4.69) is 32.5 Å². The summed E-state index contributed by atoms with van der Waals surface area (Å²) in [7, 11) is 0. The summed E-state index contributed by atoms with van der Waals surface area (Å²) < 4.78 is 5.43. The third-order valence-electron chi connectivity index (χ3n) is 7.72. The summed E-state index contributed by atoms with van der Waals surface area (Å²) in [4.78, 5) is 29.9. The number of carbonyl (C=O) groups excluding carboxylic acids is 2. The molecule has 6 rings (SSSR count). The van der Waals surface area contributed by atoms with Crippen LogP contribution in [-0.2, 0) is 33.7 Å². The fourth-order valence-corrected chi connectivity index (χ4v) is 6.34. The number of rotatable bonds is 8. The molecule has 2 aromatic carbocycles. The second-order valence-electron chi connectivity index (χ2n) is 10.6. The zero-order valence-electron chi connectivity index (χ0n) is 21.1. The first-order valence-corrected chi connectivity index (χ1v) is 14.2. The van der Waals surface area contributed by atoms with Crippen LogP contribution in [-0.4, -0.2) is 59.8 Å². The summed E-state index contributed by atoms with van der Waals surface area (Å²) in [6, 6.07) is 15.9. The van der Waals surface area contributed by atoms with Crippen LogP contribution in [0, 0.1) is 11.3 Å². The summed E-state index contributed by atoms with van der Waals surface area (Å²) >= 11 is 7.32. The number of ether oxygens (including phenoxy) is 1. The van der Waals surface area contributed by atoms with Gasteiger partial charge < -0.3 is 15.0 Å². The van der Waals surface area contributed by atoms with Gasteiger partial charge in [-0.15, -0.1) is 10.2 Å². The Hall–Kier alpha value is -2.85. The number of aryl methyl sites for hydroxylation is 2. The molecule has 38 heavy (non-hydrogen) atoms. The number of nitrogens with one attached hydrogen (secondary N) is 1. The molecule has 198 valence electrons. The number of hydrogen-bond donors (Lipinski definition) is 1. The van der Waals surface area contributed by atoms with Crippen LogP contribution in [0.5, 0.6) is 0 Å². The van der Waals surface area contributed by atoms with E-state index in [1.165, 1.54) is 28.9 Å². The van der Waals surface area contributed by atoms with Gasteiger partial charge in [-0.3, -0.25) is 14.5 Å². The van der Waals surface area contributed by atoms with Gasteiger partial charge in [0.05, 0.1) is 19.1 Å². The largest absolute Gasteiger partial charge is 0.380 e. The summed E-state index contributed by atoms with van der Waals surface area (Å²) in [5.74, 6) is -0.653. The summed E-state index contributed by atoms with van der Waals surface area (Å²) in [5.41, 5.74) is 3.61. The zero-order chi connectivity index (χ0) is 26.1. The molecule has 3 aromatic rings. The molecular weight excluding hydrogens is 522 g/mol. The van der Waals surface area contributed by atoms with Gasteiger partial charge in [0.15, 0.2) is 0 Å². The molecule has 1 aromatic heterocycles. The minimum atomic E-state index is -0.422. The zero-order valence-corrected chi connectivity index (χ0v) is 22.6. The lowest BCUT2D eigenvalue weighted by Crippen LogP contribution is -2.44. The molecule has 0 unspecified atom stereocenters. The third kappa shape index (κ3) is 5.61. The second-order valence-corrected chi connectivity index (χ2v) is 12.1. The maximum atomic E-state index is 12.9. The Morgan fingerprint density at radius 1 is 1.08 bits per heavy atom. The summed E-state index contributed by atoms with van der Waals surface area (Å²) in [6.07, 6.45) is 2.94. The van der Waals surface area contributed by atoms with Crippen molar-refractivity contribution in [1.82, 2.24) is 15.1 Å². The molecule has 1 atom stereocenters. The van der Waals surface area contributed by atoms with Crippen molar-refractivity contribution in [2.24, 2.45) is 11.3 Å². The highest BCUT2D eigenvalue weighted by atomic mass is 35.5. The van der Waals surface area contributed by atoms with E-state index in [-0.39, 0.29) is 18.2 Å². The quantitative estimate of drug-likeness (QED) is 0.452. The topological polar surface area (TPSA) is 87.7 Å². The highest BCUT2D eigenvalue weighted by molar-refractivity contribution is 7.15. The van der Waals surface area contributed by atoms with Crippen LogP contribution in [0.2, 0.25) is 5.02 Å². The van der Waals surface area contributed by atoms with E-state index in [0.717, 1.165) is 56.4 Å². The molecule has 2 amide bonds. The van der Waals surface area contributed by atoms with Crippen molar-refractivity contribution < 1.29 is 14.3 Å². The molecule has 1 spiro atoms. The molecule has 0 radical (unpaired) electrons. The molecular formula is C28H30ClN5O3S. The number of benzene rings is 2. The molecule has 3 aliphatic heterocycles. The van der Waals surface area contributed by atoms with Crippen LogP contribution >= 0.6 is 22.9 Å². The van der Waals surface area contributed by atoms with Gasteiger partial charge in [0.1, 0.15) is 5.01 Å². The SMILES string of the molecule is O=C(Nc1nnc(CCc2ccc(Cl)cc2)s1)[C@H]1CC(=O)N(c2ccc(CN3CCC4(COC4)C3)cc2)C1. The van der Waals surface area contributed by atoms with E-state index in [0.29, 0.717) is 22.1 Å². The molecule has 3 saturated heterocycles. The van der Waals surface area contributed by atoms with Gasteiger partial charge in [-0.05, 0) is 54.8 Å². The lowest BCUT2D eigenvalue weighted by Gasteiger charge is -2.37. The minimum Gasteiger partial charge on any atom is -0.380 e. The van der Waals surface area contributed by atoms with Crippen molar-refractivity contribution in [1.29, 1.82) is 0 Å². The smallest absolute Gasteiger partial charge is 0.231 e. The van der Waals surface area contributed by atoms with Crippen molar-refractivity contribution in [3.05, 3.63) is 69.7 Å². The van der Waals surface area contributed by atoms with Crippen LogP contribution in [0.1, 0.15) is 29.0 Å². The van der Waals surface area contributed by atoms with Gasteiger partial charge in [0.25, 0.3) is 0 Å². The van der Waals surface area contributed by atoms with Crippen LogP contribution in [0.15, 0.2) is 48.5 Å². The normalized spacial score (nSPS) is 20.7. The first-order valence-electron chi connectivity index (χ1n) is 13.0. The van der Waals surface area contributed by atoms with E-state index < -0.39 is 5.92 Å². The number of carbonyl (C=O) groups is 2. The molecule has 0 saturated carbocycles. The molecule has 0 aliphatic carbocycles. The van der Waals surface area contributed by atoms with E-state index in [1.54, 1.807) is 4.90 Å². The van der Waals surface area contributed by atoms with Gasteiger partial charge in [-0.1, -0.05) is 47.2 Å². The first-order chi connectivity index (χ1) is 18.4. The van der Waals surface area contributed by atoms with Crippen molar-refractivity contribution in [3.63, 3.8) is 0 Å². The predicted molar refractivity (Wildman–Crippen MR) is 147 cm³/mol. The van der Waals surface area contributed by atoms with E-state index in [1.807, 2.05) is 36.4 Å². The summed E-state index contributed by atoms with van der Waals surface area (Å²) in [6.45, 7) is 5.24. The van der Waals surface area contributed by atoms with Gasteiger partial charge in [-0.25, -0.2) is 0 Å². The number of amides is 2. The summed E-state index contributed by atoms with van der Waals surface area (Å²) in [5, 5.41) is 13.2. The number of aromatic nitrogens is 2. The van der Waals surface area contributed by atoms with Crippen LogP contribution < -0.4 is 10.2 Å². The van der Waals surface area contributed by atoms with E-state index in [9.17, 15) is 9.59 Å². The molecule has 8 nitrogen and oxygen atoms in total. The molecule has 0 bridgehead atoms. The Morgan fingerprint density at radius 3 is 2.55 bits per heavy atom. The van der Waals surface area contributed by atoms with Gasteiger partial charge in [0, 0.05) is 48.6 Å². The number of anilines is 2. The Morgan fingerprint density at radius 2 is 1.84 bits per heavy atom.